The molecule has 1 aliphatic carbocycles. The number of rotatable bonds is 3. The molecule has 1 aromatic carbocycles. The Morgan fingerprint density at radius 1 is 1.17 bits per heavy atom. The molecule has 0 aromatic heterocycles. The summed E-state index contributed by atoms with van der Waals surface area (Å²) >= 11 is 0. The Labute approximate surface area is 112 Å². The van der Waals surface area contributed by atoms with E-state index in [9.17, 15) is 0 Å². The molecule has 0 heterocycles. The second kappa shape index (κ2) is 5.88. The van der Waals surface area contributed by atoms with Crippen LogP contribution in [0, 0.1) is 19.8 Å². The van der Waals surface area contributed by atoms with E-state index >= 15 is 0 Å². The summed E-state index contributed by atoms with van der Waals surface area (Å²) in [5.74, 6) is 0.826. The maximum atomic E-state index is 3.85. The Hall–Kier alpha value is -0.820. The molecule has 0 radical (unpaired) electrons. The molecule has 0 saturated heterocycles. The Kier molecular flexibility index (Phi) is 4.45. The van der Waals surface area contributed by atoms with Gasteiger partial charge >= 0.3 is 0 Å². The molecule has 18 heavy (non-hydrogen) atoms. The molecule has 3 atom stereocenters. The molecule has 1 saturated carbocycles. The summed E-state index contributed by atoms with van der Waals surface area (Å²) in [7, 11) is 0. The molecule has 1 N–H and O–H groups in total. The highest BCUT2D eigenvalue weighted by molar-refractivity contribution is 5.32. The molecule has 0 bridgehead atoms. The number of aryl methyl sites for hydroxylation is 2. The predicted octanol–water partition coefficient (Wildman–Crippen LogP) is 4.53. The zero-order chi connectivity index (χ0) is 13.1. The normalized spacial score (nSPS) is 26.0. The maximum absolute atomic E-state index is 3.85. The van der Waals surface area contributed by atoms with E-state index in [1.54, 1.807) is 0 Å². The molecule has 2 rings (SSSR count). The molecule has 0 spiro atoms. The lowest BCUT2D eigenvalue weighted by atomic mass is 9.85. The van der Waals surface area contributed by atoms with Gasteiger partial charge in [0.2, 0.25) is 0 Å². The minimum Gasteiger partial charge on any atom is -0.307 e. The highest BCUT2D eigenvalue weighted by Gasteiger charge is 2.23. The van der Waals surface area contributed by atoms with Gasteiger partial charge in [-0.3, -0.25) is 0 Å². The van der Waals surface area contributed by atoms with E-state index in [1.165, 1.54) is 42.4 Å². The zero-order valence-corrected chi connectivity index (χ0v) is 12.3. The Morgan fingerprint density at radius 2 is 1.89 bits per heavy atom. The van der Waals surface area contributed by atoms with Crippen LogP contribution < -0.4 is 5.32 Å². The minimum absolute atomic E-state index is 0.469. The fourth-order valence-electron chi connectivity index (χ4n) is 3.29. The van der Waals surface area contributed by atoms with E-state index in [0.717, 1.165) is 5.92 Å². The maximum Gasteiger partial charge on any atom is 0.0297 e. The van der Waals surface area contributed by atoms with Gasteiger partial charge in [0.15, 0.2) is 0 Å². The van der Waals surface area contributed by atoms with Crippen molar-refractivity contribution in [3.8, 4) is 0 Å². The highest BCUT2D eigenvalue weighted by Crippen LogP contribution is 2.27. The molecule has 0 amide bonds. The molecule has 100 valence electrons. The van der Waals surface area contributed by atoms with Gasteiger partial charge in [-0.05, 0) is 50.7 Å². The molecule has 1 aliphatic rings. The zero-order valence-electron chi connectivity index (χ0n) is 12.3. The largest absolute Gasteiger partial charge is 0.307 e. The van der Waals surface area contributed by atoms with E-state index in [0.29, 0.717) is 12.1 Å². The average Bonchev–Trinajstić information content (AvgIpc) is 2.32. The molecule has 1 nitrogen and oxygen atoms in total. The highest BCUT2D eigenvalue weighted by atomic mass is 15.0. The van der Waals surface area contributed by atoms with E-state index in [1.807, 2.05) is 0 Å². The first kappa shape index (κ1) is 13.6. The monoisotopic (exact) mass is 245 g/mol. The number of hydrogen-bond donors (Lipinski definition) is 1. The lowest BCUT2D eigenvalue weighted by Crippen LogP contribution is -2.38. The third-order valence-electron chi connectivity index (χ3n) is 4.47. The third kappa shape index (κ3) is 3.14. The van der Waals surface area contributed by atoms with Gasteiger partial charge in [0, 0.05) is 12.1 Å². The van der Waals surface area contributed by atoms with E-state index in [2.05, 4.69) is 51.2 Å². The third-order valence-corrected chi connectivity index (χ3v) is 4.47. The second-order valence-electron chi connectivity index (χ2n) is 6.12. The van der Waals surface area contributed by atoms with Crippen molar-refractivity contribution >= 4 is 0 Å². The van der Waals surface area contributed by atoms with Crippen LogP contribution in [0.2, 0.25) is 0 Å². The molecule has 0 aliphatic heterocycles. The van der Waals surface area contributed by atoms with Crippen molar-refractivity contribution < 1.29 is 0 Å². The Morgan fingerprint density at radius 3 is 2.56 bits per heavy atom. The van der Waals surface area contributed by atoms with E-state index in [4.69, 9.17) is 0 Å². The smallest absolute Gasteiger partial charge is 0.0297 e. The van der Waals surface area contributed by atoms with Crippen molar-refractivity contribution in [1.29, 1.82) is 0 Å². The van der Waals surface area contributed by atoms with Gasteiger partial charge in [-0.1, -0.05) is 43.5 Å². The molecular weight excluding hydrogens is 218 g/mol. The molecule has 1 heteroatoms. The summed E-state index contributed by atoms with van der Waals surface area (Å²) < 4.78 is 0. The summed E-state index contributed by atoms with van der Waals surface area (Å²) in [6.45, 7) is 9.09. The Bertz CT molecular complexity index is 397. The van der Waals surface area contributed by atoms with Crippen LogP contribution in [0.25, 0.3) is 0 Å². The lowest BCUT2D eigenvalue weighted by molar-refractivity contribution is 0.263. The van der Waals surface area contributed by atoms with Gasteiger partial charge in [-0.15, -0.1) is 0 Å². The number of benzene rings is 1. The Balaban J connectivity index is 2.04. The summed E-state index contributed by atoms with van der Waals surface area (Å²) in [6.07, 6.45) is 5.53. The van der Waals surface area contributed by atoms with Crippen LogP contribution in [0.1, 0.15) is 62.3 Å². The van der Waals surface area contributed by atoms with Crippen LogP contribution in [0.3, 0.4) is 0 Å². The molecule has 1 aromatic rings. The first-order chi connectivity index (χ1) is 8.58. The van der Waals surface area contributed by atoms with Gasteiger partial charge in [0.25, 0.3) is 0 Å². The number of hydrogen-bond acceptors (Lipinski definition) is 1. The fourth-order valence-corrected chi connectivity index (χ4v) is 3.29. The van der Waals surface area contributed by atoms with Crippen molar-refractivity contribution in [2.75, 3.05) is 0 Å². The summed E-state index contributed by atoms with van der Waals surface area (Å²) in [5, 5.41) is 3.85. The van der Waals surface area contributed by atoms with Gasteiger partial charge in [-0.2, -0.15) is 0 Å². The number of nitrogens with one attached hydrogen (secondary N) is 1. The van der Waals surface area contributed by atoms with Crippen LogP contribution >= 0.6 is 0 Å². The van der Waals surface area contributed by atoms with Gasteiger partial charge in [-0.25, -0.2) is 0 Å². The topological polar surface area (TPSA) is 12.0 Å². The first-order valence-electron chi connectivity index (χ1n) is 7.41. The predicted molar refractivity (Wildman–Crippen MR) is 78.9 cm³/mol. The second-order valence-corrected chi connectivity index (χ2v) is 6.12. The SMILES string of the molecule is Cc1ccc(C(C)NC2CCCCC2C)c(C)c1. The van der Waals surface area contributed by atoms with Crippen LogP contribution in [0.4, 0.5) is 0 Å². The summed E-state index contributed by atoms with van der Waals surface area (Å²) in [4.78, 5) is 0. The van der Waals surface area contributed by atoms with Crippen LogP contribution in [0.15, 0.2) is 18.2 Å². The molecule has 1 fully saturated rings. The lowest BCUT2D eigenvalue weighted by Gasteiger charge is -2.32. The van der Waals surface area contributed by atoms with Crippen molar-refractivity contribution in [3.63, 3.8) is 0 Å². The van der Waals surface area contributed by atoms with Crippen molar-refractivity contribution in [2.24, 2.45) is 5.92 Å². The summed E-state index contributed by atoms with van der Waals surface area (Å²) in [6, 6.07) is 7.98. The van der Waals surface area contributed by atoms with Gasteiger partial charge in [0.05, 0.1) is 0 Å². The molecular formula is C17H27N. The molecule has 3 unspecified atom stereocenters. The van der Waals surface area contributed by atoms with Crippen molar-refractivity contribution in [2.45, 2.75) is 65.5 Å². The summed E-state index contributed by atoms with van der Waals surface area (Å²) in [5.41, 5.74) is 4.23. The standard InChI is InChI=1S/C17H27N/c1-12-9-10-16(14(3)11-12)15(4)18-17-8-6-5-7-13(17)2/h9-11,13,15,17-18H,5-8H2,1-4H3. The van der Waals surface area contributed by atoms with Crippen molar-refractivity contribution in [3.05, 3.63) is 34.9 Å². The minimum atomic E-state index is 0.469. The fraction of sp³-hybridized carbons (Fsp3) is 0.647. The van der Waals surface area contributed by atoms with Crippen molar-refractivity contribution in [1.82, 2.24) is 5.32 Å². The van der Waals surface area contributed by atoms with Crippen LogP contribution in [-0.2, 0) is 0 Å². The quantitative estimate of drug-likeness (QED) is 0.825. The van der Waals surface area contributed by atoms with Gasteiger partial charge in [0.1, 0.15) is 0 Å². The van der Waals surface area contributed by atoms with Crippen LogP contribution in [-0.4, -0.2) is 6.04 Å². The van der Waals surface area contributed by atoms with Crippen LogP contribution in [0.5, 0.6) is 0 Å². The van der Waals surface area contributed by atoms with Gasteiger partial charge < -0.3 is 5.32 Å². The average molecular weight is 245 g/mol. The van der Waals surface area contributed by atoms with E-state index in [-0.39, 0.29) is 0 Å². The first-order valence-corrected chi connectivity index (χ1v) is 7.41. The van der Waals surface area contributed by atoms with E-state index < -0.39 is 0 Å².